The average Bonchev–Trinajstić information content (AvgIpc) is 2.45. The van der Waals surface area contributed by atoms with Gasteiger partial charge in [0, 0.05) is 0 Å². The van der Waals surface area contributed by atoms with Crippen molar-refractivity contribution >= 4 is 7.60 Å². The van der Waals surface area contributed by atoms with Gasteiger partial charge in [-0.2, -0.15) is 0 Å². The fourth-order valence-electron chi connectivity index (χ4n) is 1.87. The minimum absolute atomic E-state index is 0.460. The Hall–Kier alpha value is -1.61. The average molecular weight is 306 g/mol. The molecule has 2 aromatic carbocycles. The Bertz CT molecular complexity index is 629. The van der Waals surface area contributed by atoms with Gasteiger partial charge in [-0.3, -0.25) is 4.57 Å². The van der Waals surface area contributed by atoms with Crippen molar-refractivity contribution in [1.82, 2.24) is 0 Å². The van der Waals surface area contributed by atoms with Gasteiger partial charge >= 0.3 is 7.60 Å². The molecule has 0 saturated carbocycles. The molecule has 112 valence electrons. The number of rotatable bonds is 5. The Morgan fingerprint density at radius 1 is 1.00 bits per heavy atom. The molecule has 0 amide bonds. The summed E-state index contributed by atoms with van der Waals surface area (Å²) in [6.07, 6.45) is 0. The summed E-state index contributed by atoms with van der Waals surface area (Å²) < 4.78 is 17.2. The van der Waals surface area contributed by atoms with E-state index in [0.29, 0.717) is 17.9 Å². The molecular weight excluding hydrogens is 287 g/mol. The van der Waals surface area contributed by atoms with Gasteiger partial charge < -0.3 is 14.5 Å². The largest absolute Gasteiger partial charge is 0.489 e. The number of hydrogen-bond donors (Lipinski definition) is 2. The molecule has 4 nitrogen and oxygen atoms in total. The predicted octanol–water partition coefficient (Wildman–Crippen LogP) is 3.68. The van der Waals surface area contributed by atoms with Crippen LogP contribution in [0.1, 0.15) is 25.0 Å². The fraction of sp³-hybridized carbons (Fsp3) is 0.250. The van der Waals surface area contributed by atoms with E-state index in [4.69, 9.17) is 4.74 Å². The molecule has 0 spiro atoms. The van der Waals surface area contributed by atoms with Crippen molar-refractivity contribution in [3.05, 3.63) is 65.7 Å². The summed E-state index contributed by atoms with van der Waals surface area (Å²) in [7, 11) is -4.21. The molecule has 0 aliphatic rings. The first-order chi connectivity index (χ1) is 9.80. The van der Waals surface area contributed by atoms with Crippen molar-refractivity contribution in [2.45, 2.75) is 25.6 Å². The summed E-state index contributed by atoms with van der Waals surface area (Å²) in [6, 6.07) is 16.7. The molecule has 0 atom stereocenters. The van der Waals surface area contributed by atoms with Crippen LogP contribution in [0.4, 0.5) is 0 Å². The van der Waals surface area contributed by atoms with Crippen molar-refractivity contribution in [3.8, 4) is 5.75 Å². The van der Waals surface area contributed by atoms with Crippen LogP contribution in [0.5, 0.6) is 5.75 Å². The summed E-state index contributed by atoms with van der Waals surface area (Å²) >= 11 is 0. The lowest BCUT2D eigenvalue weighted by Gasteiger charge is -2.26. The van der Waals surface area contributed by atoms with Crippen LogP contribution in [0.3, 0.4) is 0 Å². The van der Waals surface area contributed by atoms with E-state index >= 15 is 0 Å². The molecule has 5 heteroatoms. The van der Waals surface area contributed by atoms with Gasteiger partial charge in [0.2, 0.25) is 0 Å². The van der Waals surface area contributed by atoms with E-state index in [1.807, 2.05) is 30.3 Å². The van der Waals surface area contributed by atoms with Crippen molar-refractivity contribution < 1.29 is 19.1 Å². The van der Waals surface area contributed by atoms with E-state index in [1.54, 1.807) is 24.3 Å². The van der Waals surface area contributed by atoms with Gasteiger partial charge in [-0.15, -0.1) is 0 Å². The second kappa shape index (κ2) is 6.02. The fourth-order valence-corrected chi connectivity index (χ4v) is 2.35. The van der Waals surface area contributed by atoms with E-state index < -0.39 is 12.8 Å². The van der Waals surface area contributed by atoms with E-state index in [1.165, 1.54) is 13.8 Å². The van der Waals surface area contributed by atoms with Crippen LogP contribution in [0.15, 0.2) is 54.6 Å². The topological polar surface area (TPSA) is 66.8 Å². The lowest BCUT2D eigenvalue weighted by atomic mass is 10.0. The third-order valence-electron chi connectivity index (χ3n) is 3.54. The smallest absolute Gasteiger partial charge is 0.335 e. The van der Waals surface area contributed by atoms with Gasteiger partial charge in [0.05, 0.1) is 5.16 Å². The Kier molecular flexibility index (Phi) is 4.52. The zero-order chi connectivity index (χ0) is 15.5. The number of hydrogen-bond acceptors (Lipinski definition) is 2. The molecule has 0 aromatic heterocycles. The second-order valence-electron chi connectivity index (χ2n) is 5.40. The SMILES string of the molecule is CC(C)(c1ccc(OCc2ccccc2)cc1)P(=O)(O)O. The molecule has 0 aliphatic heterocycles. The van der Waals surface area contributed by atoms with Crippen LogP contribution in [-0.2, 0) is 16.3 Å². The summed E-state index contributed by atoms with van der Waals surface area (Å²) in [5.41, 5.74) is 1.65. The molecule has 0 radical (unpaired) electrons. The zero-order valence-corrected chi connectivity index (χ0v) is 13.0. The van der Waals surface area contributed by atoms with E-state index in [9.17, 15) is 14.4 Å². The van der Waals surface area contributed by atoms with Crippen molar-refractivity contribution in [2.75, 3.05) is 0 Å². The van der Waals surface area contributed by atoms with E-state index in [0.717, 1.165) is 5.56 Å². The van der Waals surface area contributed by atoms with Gasteiger partial charge in [-0.25, -0.2) is 0 Å². The highest BCUT2D eigenvalue weighted by Gasteiger charge is 2.39. The van der Waals surface area contributed by atoms with Gasteiger partial charge in [-0.1, -0.05) is 42.5 Å². The molecule has 2 aromatic rings. The maximum absolute atomic E-state index is 11.5. The summed E-state index contributed by atoms with van der Waals surface area (Å²) in [6.45, 7) is 3.53. The summed E-state index contributed by atoms with van der Waals surface area (Å²) in [5, 5.41) is -1.20. The lowest BCUT2D eigenvalue weighted by molar-refractivity contribution is 0.305. The molecule has 0 bridgehead atoms. The Balaban J connectivity index is 2.08. The Morgan fingerprint density at radius 3 is 2.10 bits per heavy atom. The van der Waals surface area contributed by atoms with Crippen LogP contribution in [0, 0.1) is 0 Å². The Morgan fingerprint density at radius 2 is 1.57 bits per heavy atom. The first kappa shape index (κ1) is 15.8. The molecule has 0 aliphatic carbocycles. The molecule has 0 unspecified atom stereocenters. The molecule has 0 heterocycles. The van der Waals surface area contributed by atoms with Crippen LogP contribution in [0.2, 0.25) is 0 Å². The molecule has 2 rings (SSSR count). The van der Waals surface area contributed by atoms with E-state index in [2.05, 4.69) is 0 Å². The highest BCUT2D eigenvalue weighted by molar-refractivity contribution is 7.53. The maximum Gasteiger partial charge on any atom is 0.335 e. The number of benzene rings is 2. The minimum atomic E-state index is -4.21. The second-order valence-corrected chi connectivity index (χ2v) is 7.61. The van der Waals surface area contributed by atoms with E-state index in [-0.39, 0.29) is 0 Å². The van der Waals surface area contributed by atoms with Crippen molar-refractivity contribution in [2.24, 2.45) is 0 Å². The van der Waals surface area contributed by atoms with Gasteiger partial charge in [0.25, 0.3) is 0 Å². The number of ether oxygens (including phenoxy) is 1. The van der Waals surface area contributed by atoms with Gasteiger partial charge in [0.15, 0.2) is 0 Å². The van der Waals surface area contributed by atoms with Crippen LogP contribution in [-0.4, -0.2) is 9.79 Å². The zero-order valence-electron chi connectivity index (χ0n) is 12.1. The molecule has 0 saturated heterocycles. The summed E-state index contributed by atoms with van der Waals surface area (Å²) in [4.78, 5) is 18.8. The summed E-state index contributed by atoms with van der Waals surface area (Å²) in [5.74, 6) is 0.670. The maximum atomic E-state index is 11.5. The molecule has 2 N–H and O–H groups in total. The lowest BCUT2D eigenvalue weighted by Crippen LogP contribution is -2.17. The van der Waals surface area contributed by atoms with Crippen LogP contribution in [0.25, 0.3) is 0 Å². The third-order valence-corrected chi connectivity index (χ3v) is 5.25. The first-order valence-electron chi connectivity index (χ1n) is 6.63. The Labute approximate surface area is 124 Å². The molecule has 21 heavy (non-hydrogen) atoms. The highest BCUT2D eigenvalue weighted by atomic mass is 31.2. The van der Waals surface area contributed by atoms with Crippen LogP contribution >= 0.6 is 7.60 Å². The molecular formula is C16H19O4P. The highest BCUT2D eigenvalue weighted by Crippen LogP contribution is 2.56. The van der Waals surface area contributed by atoms with Crippen molar-refractivity contribution in [1.29, 1.82) is 0 Å². The van der Waals surface area contributed by atoms with Gasteiger partial charge in [-0.05, 0) is 37.1 Å². The van der Waals surface area contributed by atoms with Gasteiger partial charge in [0.1, 0.15) is 12.4 Å². The first-order valence-corrected chi connectivity index (χ1v) is 8.25. The molecule has 0 fully saturated rings. The van der Waals surface area contributed by atoms with Crippen molar-refractivity contribution in [3.63, 3.8) is 0 Å². The normalized spacial score (nSPS) is 12.2. The standard InChI is InChI=1S/C16H19O4P/c1-16(2,21(17,18)19)14-8-10-15(11-9-14)20-12-13-6-4-3-5-7-13/h3-11H,12H2,1-2H3,(H2,17,18,19). The predicted molar refractivity (Wildman–Crippen MR) is 82.3 cm³/mol. The quantitative estimate of drug-likeness (QED) is 0.827. The van der Waals surface area contributed by atoms with Crippen LogP contribution < -0.4 is 4.74 Å². The third kappa shape index (κ3) is 3.73. The monoisotopic (exact) mass is 306 g/mol. The minimum Gasteiger partial charge on any atom is -0.489 e.